The molecule has 1 fully saturated rings. The molecule has 0 bridgehead atoms. The van der Waals surface area contributed by atoms with Gasteiger partial charge in [0.15, 0.2) is 0 Å². The van der Waals surface area contributed by atoms with Crippen LogP contribution in [0.5, 0.6) is 0 Å². The number of amides is 2. The lowest BCUT2D eigenvalue weighted by molar-refractivity contribution is -0.124. The average molecular weight is 359 g/mol. The van der Waals surface area contributed by atoms with Gasteiger partial charge in [0, 0.05) is 29.4 Å². The van der Waals surface area contributed by atoms with Crippen LogP contribution in [0.4, 0.5) is 5.69 Å². The molecule has 0 radical (unpaired) electrons. The number of halogens is 1. The van der Waals surface area contributed by atoms with E-state index in [-0.39, 0.29) is 11.8 Å². The highest BCUT2D eigenvalue weighted by Crippen LogP contribution is 2.17. The first kappa shape index (κ1) is 17.5. The van der Waals surface area contributed by atoms with Crippen molar-refractivity contribution in [2.45, 2.75) is 25.5 Å². The Morgan fingerprint density at radius 1 is 1.16 bits per heavy atom. The summed E-state index contributed by atoms with van der Waals surface area (Å²) in [6, 6.07) is 14.2. The van der Waals surface area contributed by atoms with Gasteiger partial charge in [-0.2, -0.15) is 0 Å². The lowest BCUT2D eigenvalue weighted by Crippen LogP contribution is -2.27. The molecule has 0 spiro atoms. The minimum atomic E-state index is -0.405. The quantitative estimate of drug-likeness (QED) is 0.860. The molecule has 6 heteroatoms. The molecule has 130 valence electrons. The van der Waals surface area contributed by atoms with Crippen LogP contribution in [-0.4, -0.2) is 24.5 Å². The van der Waals surface area contributed by atoms with E-state index >= 15 is 0 Å². The third kappa shape index (κ3) is 4.59. The van der Waals surface area contributed by atoms with Gasteiger partial charge < -0.3 is 15.4 Å². The Bertz CT molecular complexity index is 773. The summed E-state index contributed by atoms with van der Waals surface area (Å²) in [6.45, 7) is 0.952. The second-order valence-electron chi connectivity index (χ2n) is 5.85. The highest BCUT2D eigenvalue weighted by molar-refractivity contribution is 6.31. The highest BCUT2D eigenvalue weighted by Gasteiger charge is 2.23. The van der Waals surface area contributed by atoms with Gasteiger partial charge in [0.1, 0.15) is 6.10 Å². The molecule has 3 rings (SSSR count). The van der Waals surface area contributed by atoms with Crippen molar-refractivity contribution < 1.29 is 14.3 Å². The van der Waals surface area contributed by atoms with Crippen molar-refractivity contribution in [3.8, 4) is 0 Å². The number of anilines is 1. The van der Waals surface area contributed by atoms with E-state index in [1.54, 1.807) is 30.3 Å². The summed E-state index contributed by atoms with van der Waals surface area (Å²) < 4.78 is 5.36. The van der Waals surface area contributed by atoms with Crippen LogP contribution >= 0.6 is 11.6 Å². The summed E-state index contributed by atoms with van der Waals surface area (Å²) in [4.78, 5) is 24.4. The lowest BCUT2D eigenvalue weighted by atomic mass is 10.1. The van der Waals surface area contributed by atoms with Crippen LogP contribution in [0, 0.1) is 0 Å². The van der Waals surface area contributed by atoms with Crippen molar-refractivity contribution in [1.82, 2.24) is 5.32 Å². The molecule has 5 nitrogen and oxygen atoms in total. The summed E-state index contributed by atoms with van der Waals surface area (Å²) in [6.07, 6.45) is 1.21. The normalized spacial score (nSPS) is 16.4. The Hall–Kier alpha value is -2.37. The second kappa shape index (κ2) is 8.14. The molecule has 1 atom stereocenters. The standard InChI is InChI=1S/C19H19ClN2O3/c20-16-8-2-1-5-14(16)12-21-18(23)13-6-3-7-15(11-13)22-19(24)17-9-4-10-25-17/h1-3,5-8,11,17H,4,9-10,12H2,(H,21,23)(H,22,24). The van der Waals surface area contributed by atoms with Gasteiger partial charge in [-0.3, -0.25) is 9.59 Å². The number of carbonyl (C=O) groups excluding carboxylic acids is 2. The van der Waals surface area contributed by atoms with Crippen molar-refractivity contribution >= 4 is 29.1 Å². The monoisotopic (exact) mass is 358 g/mol. The Labute approximate surface area is 151 Å². The van der Waals surface area contributed by atoms with Crippen molar-refractivity contribution in [3.63, 3.8) is 0 Å². The predicted octanol–water partition coefficient (Wildman–Crippen LogP) is 3.39. The maximum atomic E-state index is 12.3. The number of hydrogen-bond acceptors (Lipinski definition) is 3. The van der Waals surface area contributed by atoms with Crippen molar-refractivity contribution in [2.75, 3.05) is 11.9 Å². The Morgan fingerprint density at radius 3 is 2.76 bits per heavy atom. The van der Waals surface area contributed by atoms with Gasteiger partial charge in [0.25, 0.3) is 11.8 Å². The zero-order valence-electron chi connectivity index (χ0n) is 13.6. The van der Waals surface area contributed by atoms with Crippen LogP contribution in [0.3, 0.4) is 0 Å². The zero-order valence-corrected chi connectivity index (χ0v) is 14.4. The molecule has 0 aromatic heterocycles. The van der Waals surface area contributed by atoms with Gasteiger partial charge >= 0.3 is 0 Å². The number of ether oxygens (including phenoxy) is 1. The maximum Gasteiger partial charge on any atom is 0.253 e. The maximum absolute atomic E-state index is 12.3. The largest absolute Gasteiger partial charge is 0.368 e. The number of rotatable bonds is 5. The summed E-state index contributed by atoms with van der Waals surface area (Å²) in [5.74, 6) is -0.403. The first-order chi connectivity index (χ1) is 12.1. The topological polar surface area (TPSA) is 67.4 Å². The first-order valence-electron chi connectivity index (χ1n) is 8.17. The van der Waals surface area contributed by atoms with E-state index in [0.717, 1.165) is 18.4 Å². The third-order valence-electron chi connectivity index (χ3n) is 4.01. The van der Waals surface area contributed by atoms with E-state index in [2.05, 4.69) is 10.6 Å². The van der Waals surface area contributed by atoms with E-state index in [1.807, 2.05) is 18.2 Å². The molecule has 2 amide bonds. The van der Waals surface area contributed by atoms with Gasteiger partial charge in [-0.05, 0) is 42.7 Å². The van der Waals surface area contributed by atoms with Gasteiger partial charge in [0.05, 0.1) is 0 Å². The molecule has 25 heavy (non-hydrogen) atoms. The molecule has 0 aliphatic carbocycles. The molecule has 1 heterocycles. The van der Waals surface area contributed by atoms with Crippen molar-refractivity contribution in [1.29, 1.82) is 0 Å². The second-order valence-corrected chi connectivity index (χ2v) is 6.25. The minimum absolute atomic E-state index is 0.175. The number of hydrogen-bond donors (Lipinski definition) is 2. The van der Waals surface area contributed by atoms with Crippen LogP contribution in [-0.2, 0) is 16.1 Å². The molecule has 1 saturated heterocycles. The first-order valence-corrected chi connectivity index (χ1v) is 8.55. The van der Waals surface area contributed by atoms with Crippen LogP contribution in [0.1, 0.15) is 28.8 Å². The fourth-order valence-electron chi connectivity index (χ4n) is 2.66. The van der Waals surface area contributed by atoms with Gasteiger partial charge in [-0.1, -0.05) is 35.9 Å². The highest BCUT2D eigenvalue weighted by atomic mass is 35.5. The Morgan fingerprint density at radius 2 is 2.00 bits per heavy atom. The van der Waals surface area contributed by atoms with Crippen LogP contribution < -0.4 is 10.6 Å². The Kier molecular flexibility index (Phi) is 5.68. The minimum Gasteiger partial charge on any atom is -0.368 e. The summed E-state index contributed by atoms with van der Waals surface area (Å²) in [5.41, 5.74) is 1.89. The van der Waals surface area contributed by atoms with E-state index in [4.69, 9.17) is 16.3 Å². The fourth-order valence-corrected chi connectivity index (χ4v) is 2.87. The fraction of sp³-hybridized carbons (Fsp3) is 0.263. The van der Waals surface area contributed by atoms with Crippen molar-refractivity contribution in [2.24, 2.45) is 0 Å². The SMILES string of the molecule is O=C(NCc1ccccc1Cl)c1cccc(NC(=O)C2CCCO2)c1. The molecule has 1 aliphatic rings. The van der Waals surface area contributed by atoms with E-state index in [1.165, 1.54) is 0 Å². The molecular formula is C19H19ClN2O3. The van der Waals surface area contributed by atoms with E-state index in [0.29, 0.717) is 29.4 Å². The molecule has 1 unspecified atom stereocenters. The summed E-state index contributed by atoms with van der Waals surface area (Å²) in [5, 5.41) is 6.24. The zero-order chi connectivity index (χ0) is 17.6. The Balaban J connectivity index is 1.61. The van der Waals surface area contributed by atoms with Crippen molar-refractivity contribution in [3.05, 3.63) is 64.7 Å². The number of carbonyl (C=O) groups is 2. The van der Waals surface area contributed by atoms with Crippen LogP contribution in [0.15, 0.2) is 48.5 Å². The van der Waals surface area contributed by atoms with E-state index in [9.17, 15) is 9.59 Å². The molecule has 2 aromatic rings. The van der Waals surface area contributed by atoms with Crippen LogP contribution in [0.25, 0.3) is 0 Å². The smallest absolute Gasteiger partial charge is 0.253 e. The predicted molar refractivity (Wildman–Crippen MR) is 96.7 cm³/mol. The van der Waals surface area contributed by atoms with Gasteiger partial charge in [-0.25, -0.2) is 0 Å². The third-order valence-corrected chi connectivity index (χ3v) is 4.38. The van der Waals surface area contributed by atoms with Gasteiger partial charge in [0.2, 0.25) is 0 Å². The van der Waals surface area contributed by atoms with Crippen LogP contribution in [0.2, 0.25) is 5.02 Å². The summed E-state index contributed by atoms with van der Waals surface area (Å²) >= 11 is 6.09. The molecular weight excluding hydrogens is 340 g/mol. The number of nitrogens with one attached hydrogen (secondary N) is 2. The molecule has 2 N–H and O–H groups in total. The van der Waals surface area contributed by atoms with Gasteiger partial charge in [-0.15, -0.1) is 0 Å². The summed E-state index contributed by atoms with van der Waals surface area (Å²) in [7, 11) is 0. The molecule has 2 aromatic carbocycles. The molecule has 1 aliphatic heterocycles. The lowest BCUT2D eigenvalue weighted by Gasteiger charge is -2.12. The number of benzene rings is 2. The van der Waals surface area contributed by atoms with E-state index < -0.39 is 6.10 Å². The average Bonchev–Trinajstić information content (AvgIpc) is 3.16. The molecule has 0 saturated carbocycles.